The van der Waals surface area contributed by atoms with Crippen LogP contribution >= 0.6 is 11.8 Å². The van der Waals surface area contributed by atoms with Gasteiger partial charge in [-0.3, -0.25) is 0 Å². The molecule has 0 bridgehead atoms. The summed E-state index contributed by atoms with van der Waals surface area (Å²) < 4.78 is 10.4. The van der Waals surface area contributed by atoms with Crippen molar-refractivity contribution in [2.45, 2.75) is 58.2 Å². The highest BCUT2D eigenvalue weighted by molar-refractivity contribution is 7.98. The second-order valence-electron chi connectivity index (χ2n) is 6.25. The predicted molar refractivity (Wildman–Crippen MR) is 90.1 cm³/mol. The fourth-order valence-corrected chi connectivity index (χ4v) is 2.57. The molecule has 0 aromatic heterocycles. The average Bonchev–Trinajstić information content (AvgIpc) is 2.32. The molecule has 21 heavy (non-hydrogen) atoms. The first kappa shape index (κ1) is 20.5. The summed E-state index contributed by atoms with van der Waals surface area (Å²) in [6.07, 6.45) is 3.61. The van der Waals surface area contributed by atoms with Crippen molar-refractivity contribution in [1.29, 1.82) is 0 Å². The lowest BCUT2D eigenvalue weighted by Crippen LogP contribution is -2.41. The molecule has 2 unspecified atom stereocenters. The van der Waals surface area contributed by atoms with Gasteiger partial charge in [0.25, 0.3) is 0 Å². The van der Waals surface area contributed by atoms with E-state index < -0.39 is 5.60 Å². The van der Waals surface area contributed by atoms with Crippen LogP contribution in [0.25, 0.3) is 0 Å². The maximum absolute atomic E-state index is 11.5. The number of thioether (sulfide) groups is 1. The molecule has 0 aliphatic rings. The van der Waals surface area contributed by atoms with Gasteiger partial charge in [0.2, 0.25) is 0 Å². The molecule has 0 fully saturated rings. The zero-order chi connectivity index (χ0) is 16.3. The van der Waals surface area contributed by atoms with Crippen molar-refractivity contribution in [3.8, 4) is 0 Å². The van der Waals surface area contributed by atoms with E-state index in [9.17, 15) is 4.79 Å². The lowest BCUT2D eigenvalue weighted by Gasteiger charge is -2.23. The lowest BCUT2D eigenvalue weighted by atomic mass is 10.1. The van der Waals surface area contributed by atoms with Gasteiger partial charge in [0.05, 0.1) is 6.61 Å². The van der Waals surface area contributed by atoms with Crippen LogP contribution in [0.5, 0.6) is 0 Å². The van der Waals surface area contributed by atoms with Crippen molar-refractivity contribution in [1.82, 2.24) is 10.6 Å². The Kier molecular flexibility index (Phi) is 10.9. The van der Waals surface area contributed by atoms with Gasteiger partial charge >= 0.3 is 6.09 Å². The number of hydrogen-bond acceptors (Lipinski definition) is 5. The van der Waals surface area contributed by atoms with E-state index >= 15 is 0 Å². The molecule has 0 aliphatic heterocycles. The first-order chi connectivity index (χ1) is 9.78. The molecule has 0 radical (unpaired) electrons. The van der Waals surface area contributed by atoms with E-state index in [4.69, 9.17) is 9.47 Å². The topological polar surface area (TPSA) is 59.6 Å². The summed E-state index contributed by atoms with van der Waals surface area (Å²) in [5, 5.41) is 6.34. The van der Waals surface area contributed by atoms with Crippen molar-refractivity contribution in [2.24, 2.45) is 0 Å². The highest BCUT2D eigenvalue weighted by Gasteiger charge is 2.16. The monoisotopic (exact) mass is 320 g/mol. The highest BCUT2D eigenvalue weighted by atomic mass is 32.2. The number of carbonyl (C=O) groups is 1. The molecular weight excluding hydrogens is 288 g/mol. The van der Waals surface area contributed by atoms with E-state index in [1.807, 2.05) is 32.5 Å². The zero-order valence-corrected chi connectivity index (χ0v) is 15.1. The number of rotatable bonds is 10. The van der Waals surface area contributed by atoms with Gasteiger partial charge < -0.3 is 20.1 Å². The summed E-state index contributed by atoms with van der Waals surface area (Å²) in [5.74, 6) is 1.08. The number of alkyl carbamates (subject to hydrolysis) is 1. The molecule has 0 aromatic rings. The summed E-state index contributed by atoms with van der Waals surface area (Å²) >= 11 is 1.83. The Morgan fingerprint density at radius 2 is 2.00 bits per heavy atom. The maximum Gasteiger partial charge on any atom is 0.407 e. The number of amides is 1. The van der Waals surface area contributed by atoms with Gasteiger partial charge in [-0.2, -0.15) is 11.8 Å². The first-order valence-corrected chi connectivity index (χ1v) is 8.88. The largest absolute Gasteiger partial charge is 0.444 e. The fourth-order valence-electron chi connectivity index (χ4n) is 1.97. The summed E-state index contributed by atoms with van der Waals surface area (Å²) in [6, 6.07) is 0.775. The Labute approximate surface area is 133 Å². The molecule has 6 heteroatoms. The van der Waals surface area contributed by atoms with Gasteiger partial charge in [-0.1, -0.05) is 0 Å². The number of nitrogens with one attached hydrogen (secondary N) is 2. The zero-order valence-electron chi connectivity index (χ0n) is 14.3. The molecule has 1 amide bonds. The van der Waals surface area contributed by atoms with Gasteiger partial charge in [-0.15, -0.1) is 0 Å². The van der Waals surface area contributed by atoms with E-state index in [-0.39, 0.29) is 6.09 Å². The van der Waals surface area contributed by atoms with Crippen molar-refractivity contribution in [3.63, 3.8) is 0 Å². The molecule has 2 atom stereocenters. The lowest BCUT2D eigenvalue weighted by molar-refractivity contribution is 0.0526. The van der Waals surface area contributed by atoms with Crippen LogP contribution in [0.2, 0.25) is 0 Å². The molecule has 2 N–H and O–H groups in total. The standard InChI is InChI=1S/C15H32N2O3S/c1-12(11-21-6)17-13(10-19-5)8-7-9-16-14(18)20-15(2,3)4/h12-13,17H,7-11H2,1-6H3,(H,16,18). The number of methoxy groups -OCH3 is 1. The predicted octanol–water partition coefficient (Wildman–Crippen LogP) is 2.65. The van der Waals surface area contributed by atoms with Crippen LogP contribution < -0.4 is 10.6 Å². The van der Waals surface area contributed by atoms with Crippen LogP contribution in [-0.4, -0.2) is 56.0 Å². The van der Waals surface area contributed by atoms with Gasteiger partial charge in [-0.05, 0) is 46.8 Å². The Hall–Kier alpha value is -0.460. The summed E-state index contributed by atoms with van der Waals surface area (Å²) in [7, 11) is 1.72. The van der Waals surface area contributed by atoms with Crippen LogP contribution in [-0.2, 0) is 9.47 Å². The average molecular weight is 320 g/mol. The fraction of sp³-hybridized carbons (Fsp3) is 0.933. The van der Waals surface area contributed by atoms with Crippen LogP contribution in [0.4, 0.5) is 4.79 Å². The van der Waals surface area contributed by atoms with E-state index in [1.54, 1.807) is 7.11 Å². The van der Waals surface area contributed by atoms with Crippen LogP contribution in [0.15, 0.2) is 0 Å². The summed E-state index contributed by atoms with van der Waals surface area (Å²) in [6.45, 7) is 9.06. The van der Waals surface area contributed by atoms with Crippen LogP contribution in [0.1, 0.15) is 40.5 Å². The third-order valence-electron chi connectivity index (χ3n) is 2.70. The van der Waals surface area contributed by atoms with Crippen molar-refractivity contribution in [2.75, 3.05) is 32.3 Å². The maximum atomic E-state index is 11.5. The van der Waals surface area contributed by atoms with E-state index in [2.05, 4.69) is 23.8 Å². The van der Waals surface area contributed by atoms with E-state index in [1.165, 1.54) is 0 Å². The molecular formula is C15H32N2O3S. The van der Waals surface area contributed by atoms with E-state index in [0.717, 1.165) is 18.6 Å². The van der Waals surface area contributed by atoms with Crippen molar-refractivity contribution in [3.05, 3.63) is 0 Å². The summed E-state index contributed by atoms with van der Waals surface area (Å²) in [4.78, 5) is 11.5. The van der Waals surface area contributed by atoms with Gasteiger partial charge in [0, 0.05) is 31.5 Å². The third kappa shape index (κ3) is 13.0. The Morgan fingerprint density at radius 1 is 1.33 bits per heavy atom. The third-order valence-corrected chi connectivity index (χ3v) is 3.54. The van der Waals surface area contributed by atoms with Gasteiger partial charge in [-0.25, -0.2) is 4.79 Å². The Bertz CT molecular complexity index is 283. The first-order valence-electron chi connectivity index (χ1n) is 7.49. The van der Waals surface area contributed by atoms with Gasteiger partial charge in [0.1, 0.15) is 5.60 Å². The minimum Gasteiger partial charge on any atom is -0.444 e. The molecule has 0 heterocycles. The molecule has 0 aromatic carbocycles. The Balaban J connectivity index is 3.90. The van der Waals surface area contributed by atoms with Crippen LogP contribution in [0.3, 0.4) is 0 Å². The summed E-state index contributed by atoms with van der Waals surface area (Å²) in [5.41, 5.74) is -0.447. The minimum atomic E-state index is -0.447. The molecule has 0 aliphatic carbocycles. The molecule has 126 valence electrons. The normalized spacial score (nSPS) is 14.6. The van der Waals surface area contributed by atoms with E-state index in [0.29, 0.717) is 25.2 Å². The quantitative estimate of drug-likeness (QED) is 0.606. The van der Waals surface area contributed by atoms with Crippen molar-refractivity contribution < 1.29 is 14.3 Å². The molecule has 5 nitrogen and oxygen atoms in total. The van der Waals surface area contributed by atoms with Gasteiger partial charge in [0.15, 0.2) is 0 Å². The smallest absolute Gasteiger partial charge is 0.407 e. The molecule has 0 saturated carbocycles. The molecule has 0 rings (SSSR count). The highest BCUT2D eigenvalue weighted by Crippen LogP contribution is 2.07. The molecule has 0 spiro atoms. The van der Waals surface area contributed by atoms with Crippen LogP contribution in [0, 0.1) is 0 Å². The molecule has 0 saturated heterocycles. The number of hydrogen-bond donors (Lipinski definition) is 2. The number of carbonyl (C=O) groups excluding carboxylic acids is 1. The second-order valence-corrected chi connectivity index (χ2v) is 7.16. The number of ether oxygens (including phenoxy) is 2. The minimum absolute atomic E-state index is 0.317. The SMILES string of the molecule is COCC(CCCNC(=O)OC(C)(C)C)NC(C)CSC. The van der Waals surface area contributed by atoms with Crippen molar-refractivity contribution >= 4 is 17.9 Å². The Morgan fingerprint density at radius 3 is 2.52 bits per heavy atom. The second kappa shape index (κ2) is 11.2.